The van der Waals surface area contributed by atoms with Crippen molar-refractivity contribution in [2.45, 2.75) is 11.2 Å². The second-order valence-electron chi connectivity index (χ2n) is 3.71. The molecule has 1 aliphatic rings. The van der Waals surface area contributed by atoms with Gasteiger partial charge in [0.25, 0.3) is 0 Å². The predicted molar refractivity (Wildman–Crippen MR) is 70.4 cm³/mol. The number of rotatable bonds is 2. The molecule has 0 saturated carbocycles. The van der Waals surface area contributed by atoms with Crippen LogP contribution in [0.2, 0.25) is 0 Å². The number of alkyl halides is 1. The zero-order valence-electron chi connectivity index (χ0n) is 7.82. The summed E-state index contributed by atoms with van der Waals surface area (Å²) in [6, 6.07) is 4.04. The van der Waals surface area contributed by atoms with Gasteiger partial charge < -0.3 is 0 Å². The van der Waals surface area contributed by atoms with Crippen molar-refractivity contribution >= 4 is 53.0 Å². The molecule has 1 aliphatic heterocycles. The molecule has 84 valence electrons. The highest BCUT2D eigenvalue weighted by Gasteiger charge is 2.33. The van der Waals surface area contributed by atoms with E-state index in [1.54, 1.807) is 11.3 Å². The van der Waals surface area contributed by atoms with Gasteiger partial charge in [0.2, 0.25) is 0 Å². The molecule has 2 rings (SSSR count). The van der Waals surface area contributed by atoms with Crippen molar-refractivity contribution in [3.8, 4) is 0 Å². The van der Waals surface area contributed by atoms with Crippen LogP contribution in [0.3, 0.4) is 0 Å². The van der Waals surface area contributed by atoms with Crippen molar-refractivity contribution in [1.29, 1.82) is 0 Å². The Labute approximate surface area is 110 Å². The van der Waals surface area contributed by atoms with Crippen LogP contribution in [-0.4, -0.2) is 19.9 Å². The Morgan fingerprint density at radius 2 is 2.20 bits per heavy atom. The van der Waals surface area contributed by atoms with E-state index in [0.717, 1.165) is 10.2 Å². The molecule has 0 N–H and O–H groups in total. The third kappa shape index (κ3) is 2.84. The lowest BCUT2D eigenvalue weighted by molar-refractivity contribution is 0.583. The molecular weight excluding hydrogens is 364 g/mol. The fraction of sp³-hybridized carbons (Fsp3) is 0.556. The van der Waals surface area contributed by atoms with Gasteiger partial charge in [0.05, 0.1) is 20.1 Å². The second-order valence-corrected chi connectivity index (χ2v) is 9.42. The molecule has 2 nitrogen and oxygen atoms in total. The van der Waals surface area contributed by atoms with E-state index in [0.29, 0.717) is 11.5 Å². The fourth-order valence-electron chi connectivity index (χ4n) is 1.76. The first kappa shape index (κ1) is 12.1. The normalized spacial score (nSPS) is 26.7. The maximum Gasteiger partial charge on any atom is 0.150 e. The molecule has 6 heteroatoms. The molecule has 0 aliphatic carbocycles. The molecule has 1 aromatic rings. The molecule has 0 spiro atoms. The number of hydrogen-bond acceptors (Lipinski definition) is 3. The lowest BCUT2D eigenvalue weighted by Gasteiger charge is -2.13. The van der Waals surface area contributed by atoms with Gasteiger partial charge in [-0.05, 0) is 40.4 Å². The number of hydrogen-bond donors (Lipinski definition) is 0. The molecule has 0 aromatic carbocycles. The van der Waals surface area contributed by atoms with Crippen molar-refractivity contribution in [2.24, 2.45) is 5.92 Å². The molecular formula is C9H10Br2O2S2. The van der Waals surface area contributed by atoms with Gasteiger partial charge in [-0.25, -0.2) is 8.42 Å². The van der Waals surface area contributed by atoms with Crippen LogP contribution in [0.4, 0.5) is 0 Å². The highest BCUT2D eigenvalue weighted by Crippen LogP contribution is 2.41. The van der Waals surface area contributed by atoms with Gasteiger partial charge in [-0.2, -0.15) is 0 Å². The minimum Gasteiger partial charge on any atom is -0.229 e. The van der Waals surface area contributed by atoms with Crippen LogP contribution < -0.4 is 0 Å². The molecule has 1 aromatic heterocycles. The third-order valence-electron chi connectivity index (χ3n) is 2.55. The lowest BCUT2D eigenvalue weighted by atomic mass is 10.0. The Balaban J connectivity index is 2.13. The SMILES string of the molecule is O=S1(=O)CCC(C(Br)c2ccc(Br)s2)C1. The Morgan fingerprint density at radius 3 is 2.67 bits per heavy atom. The van der Waals surface area contributed by atoms with E-state index in [-0.39, 0.29) is 10.7 Å². The zero-order valence-corrected chi connectivity index (χ0v) is 12.6. The van der Waals surface area contributed by atoms with E-state index in [9.17, 15) is 8.42 Å². The van der Waals surface area contributed by atoms with Crippen LogP contribution >= 0.6 is 43.2 Å². The quantitative estimate of drug-likeness (QED) is 0.744. The minimum atomic E-state index is -2.78. The first-order chi connectivity index (χ1) is 6.98. The summed E-state index contributed by atoms with van der Waals surface area (Å²) in [6.07, 6.45) is 0.772. The molecule has 1 fully saturated rings. The predicted octanol–water partition coefficient (Wildman–Crippen LogP) is 3.38. The summed E-state index contributed by atoms with van der Waals surface area (Å²) in [4.78, 5) is 1.37. The molecule has 2 heterocycles. The van der Waals surface area contributed by atoms with Gasteiger partial charge in [-0.1, -0.05) is 15.9 Å². The maximum absolute atomic E-state index is 11.4. The molecule has 1 saturated heterocycles. The summed E-state index contributed by atoms with van der Waals surface area (Å²) in [5, 5.41) is 0. The van der Waals surface area contributed by atoms with Crippen molar-refractivity contribution in [2.75, 3.05) is 11.5 Å². The Bertz CT molecular complexity index is 452. The third-order valence-corrected chi connectivity index (χ3v) is 7.59. The van der Waals surface area contributed by atoms with E-state index in [4.69, 9.17) is 0 Å². The summed E-state index contributed by atoms with van der Waals surface area (Å²) in [5.74, 6) is 0.880. The topological polar surface area (TPSA) is 34.1 Å². The fourth-order valence-corrected chi connectivity index (χ4v) is 6.23. The van der Waals surface area contributed by atoms with Gasteiger partial charge in [-0.15, -0.1) is 11.3 Å². The van der Waals surface area contributed by atoms with Crippen LogP contribution in [0.1, 0.15) is 16.1 Å². The summed E-state index contributed by atoms with van der Waals surface area (Å²) in [7, 11) is -2.78. The van der Waals surface area contributed by atoms with Crippen LogP contribution in [0.25, 0.3) is 0 Å². The average Bonchev–Trinajstić information content (AvgIpc) is 2.71. The summed E-state index contributed by atoms with van der Waals surface area (Å²) >= 11 is 8.67. The average molecular weight is 374 g/mol. The number of sulfone groups is 1. The molecule has 0 radical (unpaired) electrons. The van der Waals surface area contributed by atoms with E-state index in [2.05, 4.69) is 31.9 Å². The monoisotopic (exact) mass is 372 g/mol. The minimum absolute atomic E-state index is 0.172. The van der Waals surface area contributed by atoms with Crippen molar-refractivity contribution in [3.63, 3.8) is 0 Å². The Morgan fingerprint density at radius 1 is 1.47 bits per heavy atom. The van der Waals surface area contributed by atoms with Crippen LogP contribution in [-0.2, 0) is 9.84 Å². The van der Waals surface area contributed by atoms with Crippen molar-refractivity contribution in [3.05, 3.63) is 20.8 Å². The Kier molecular flexibility index (Phi) is 3.60. The molecule has 2 atom stereocenters. The van der Waals surface area contributed by atoms with E-state index in [1.165, 1.54) is 4.88 Å². The molecule has 15 heavy (non-hydrogen) atoms. The van der Waals surface area contributed by atoms with E-state index >= 15 is 0 Å². The highest BCUT2D eigenvalue weighted by molar-refractivity contribution is 9.11. The lowest BCUT2D eigenvalue weighted by Crippen LogP contribution is -2.09. The van der Waals surface area contributed by atoms with Crippen LogP contribution in [0.5, 0.6) is 0 Å². The van der Waals surface area contributed by atoms with Gasteiger partial charge in [0, 0.05) is 4.88 Å². The molecule has 2 unspecified atom stereocenters. The van der Waals surface area contributed by atoms with E-state index < -0.39 is 9.84 Å². The number of thiophene rings is 1. The summed E-state index contributed by atoms with van der Waals surface area (Å²) in [6.45, 7) is 0. The van der Waals surface area contributed by atoms with E-state index in [1.807, 2.05) is 12.1 Å². The van der Waals surface area contributed by atoms with Crippen LogP contribution in [0.15, 0.2) is 15.9 Å². The molecule has 0 bridgehead atoms. The Hall–Kier alpha value is 0.610. The van der Waals surface area contributed by atoms with Gasteiger partial charge in [-0.3, -0.25) is 0 Å². The summed E-state index contributed by atoms with van der Waals surface area (Å²) < 4.78 is 23.8. The molecule has 0 amide bonds. The standard InChI is InChI=1S/C9H10Br2O2S2/c10-8-2-1-7(14-8)9(11)6-3-4-15(12,13)5-6/h1-2,6,9H,3-5H2. The summed E-state index contributed by atoms with van der Waals surface area (Å²) in [5.41, 5.74) is 0. The smallest absolute Gasteiger partial charge is 0.150 e. The highest BCUT2D eigenvalue weighted by atomic mass is 79.9. The van der Waals surface area contributed by atoms with Crippen LogP contribution in [0, 0.1) is 5.92 Å². The zero-order chi connectivity index (χ0) is 11.1. The maximum atomic E-state index is 11.4. The second kappa shape index (κ2) is 4.47. The van der Waals surface area contributed by atoms with Gasteiger partial charge in [0.1, 0.15) is 0 Å². The van der Waals surface area contributed by atoms with Gasteiger partial charge in [0.15, 0.2) is 9.84 Å². The van der Waals surface area contributed by atoms with Crippen molar-refractivity contribution in [1.82, 2.24) is 0 Å². The van der Waals surface area contributed by atoms with Crippen molar-refractivity contribution < 1.29 is 8.42 Å². The first-order valence-corrected chi connectivity index (χ1v) is 8.92. The first-order valence-electron chi connectivity index (χ1n) is 4.58. The number of halogens is 2. The van der Waals surface area contributed by atoms with Gasteiger partial charge >= 0.3 is 0 Å². The largest absolute Gasteiger partial charge is 0.229 e.